The molecule has 5 aromatic rings. The van der Waals surface area contributed by atoms with Crippen LogP contribution < -0.4 is 86.1 Å². The second kappa shape index (κ2) is 16.5. The Morgan fingerprint density at radius 2 is 1.49 bits per heavy atom. The number of phosphoric acid groups is 1. The predicted molar refractivity (Wildman–Crippen MR) is 164 cm³/mol. The van der Waals surface area contributed by atoms with Crippen molar-refractivity contribution in [3.63, 3.8) is 0 Å². The monoisotopic (exact) mass is 799 g/mol. The van der Waals surface area contributed by atoms with Crippen LogP contribution in [-0.2, 0) is 36.9 Å². The number of ether oxygens (including phenoxy) is 3. The summed E-state index contributed by atoms with van der Waals surface area (Å²) < 4.78 is 62.5. The van der Waals surface area contributed by atoms with Crippen molar-refractivity contribution in [2.75, 3.05) is 37.5 Å². The van der Waals surface area contributed by atoms with Crippen molar-refractivity contribution in [2.45, 2.75) is 49.1 Å². The molecule has 0 spiro atoms. The van der Waals surface area contributed by atoms with E-state index >= 15 is 0 Å². The third-order valence-electron chi connectivity index (χ3n) is 8.12. The average Bonchev–Trinajstić information content (AvgIpc) is 3.92. The molecule has 0 bridgehead atoms. The number of hydrogen-bond donors (Lipinski definition) is 5. The normalized spacial score (nSPS) is 28.0. The fraction of sp³-hybridized carbons (Fsp3) is 0.458. The van der Waals surface area contributed by atoms with Crippen LogP contribution in [0.1, 0.15) is 12.5 Å². The number of aromatic nitrogens is 10. The molecule has 0 radical (unpaired) electrons. The molecule has 25 nitrogen and oxygen atoms in total. The molecule has 29 heteroatoms. The van der Waals surface area contributed by atoms with E-state index in [1.165, 1.54) is 41.4 Å². The van der Waals surface area contributed by atoms with Crippen molar-refractivity contribution in [3.8, 4) is 0 Å². The van der Waals surface area contributed by atoms with Crippen molar-refractivity contribution < 1.29 is 116 Å². The fourth-order valence-corrected chi connectivity index (χ4v) is 7.54. The first kappa shape index (κ1) is 41.9. The van der Waals surface area contributed by atoms with Gasteiger partial charge in [0.15, 0.2) is 35.4 Å². The number of methoxy groups -OCH3 is 1. The van der Waals surface area contributed by atoms with E-state index in [-0.39, 0.29) is 99.0 Å². The number of nitrogens with two attached hydrogens (primary N) is 3. The van der Waals surface area contributed by atoms with Crippen LogP contribution in [0.3, 0.4) is 0 Å². The number of phosphoric ester groups is 1. The summed E-state index contributed by atoms with van der Waals surface area (Å²) in [6, 6.07) is 0. The summed E-state index contributed by atoms with van der Waals surface area (Å²) in [5.41, 5.74) is 18.1. The van der Waals surface area contributed by atoms with E-state index in [2.05, 4.69) is 34.9 Å². The quantitative estimate of drug-likeness (QED) is 0.0578. The molecule has 2 unspecified atom stereocenters. The van der Waals surface area contributed by atoms with Gasteiger partial charge in [0.05, 0.1) is 25.9 Å². The summed E-state index contributed by atoms with van der Waals surface area (Å²) in [7, 11) is -8.91. The molecule has 5 aromatic heterocycles. The summed E-state index contributed by atoms with van der Waals surface area (Å²) in [4.78, 5) is 54.0. The third kappa shape index (κ3) is 8.19. The Morgan fingerprint density at radius 3 is 2.17 bits per heavy atom. The number of nitrogens with zero attached hydrogens (tertiary/aromatic N) is 10. The molecule has 10 atom stereocenters. The molecular weight excluding hydrogens is 770 g/mol. The number of imidazole rings is 3. The zero-order chi connectivity index (χ0) is 36.2. The van der Waals surface area contributed by atoms with Crippen molar-refractivity contribution in [3.05, 3.63) is 37.7 Å². The minimum absolute atomic E-state index is 0. The predicted octanol–water partition coefficient (Wildman–Crippen LogP) is -8.95. The minimum atomic E-state index is -5.38. The number of anilines is 3. The van der Waals surface area contributed by atoms with Crippen LogP contribution in [0.25, 0.3) is 22.3 Å². The first-order valence-corrected chi connectivity index (χ1v) is 17.7. The van der Waals surface area contributed by atoms with Crippen molar-refractivity contribution in [1.82, 2.24) is 48.4 Å². The molecule has 7 rings (SSSR count). The van der Waals surface area contributed by atoms with Crippen LogP contribution in [0.5, 0.6) is 0 Å². The van der Waals surface area contributed by atoms with Gasteiger partial charge in [-0.2, -0.15) is 9.97 Å². The Balaban J connectivity index is 0.00000271. The number of aliphatic hydroxyl groups is 2. The first-order valence-electron chi connectivity index (χ1n) is 14.7. The van der Waals surface area contributed by atoms with Crippen LogP contribution in [0.4, 0.5) is 17.6 Å². The van der Waals surface area contributed by atoms with E-state index in [4.69, 9.17) is 45.0 Å². The maximum Gasteiger partial charge on any atom is 1.00 e. The van der Waals surface area contributed by atoms with E-state index in [0.29, 0.717) is 4.34 Å². The van der Waals surface area contributed by atoms with E-state index < -0.39 is 77.9 Å². The van der Waals surface area contributed by atoms with Crippen LogP contribution >= 0.6 is 15.6 Å². The van der Waals surface area contributed by atoms with Gasteiger partial charge in [-0.1, -0.05) is 0 Å². The number of fused-ring (bicyclic) bond motifs is 2. The van der Waals surface area contributed by atoms with E-state index in [1.54, 1.807) is 0 Å². The van der Waals surface area contributed by atoms with Crippen molar-refractivity contribution in [2.24, 2.45) is 0 Å². The van der Waals surface area contributed by atoms with Crippen LogP contribution in [0, 0.1) is 0 Å². The maximum atomic E-state index is 13.3. The molecule has 8 N–H and O–H groups in total. The summed E-state index contributed by atoms with van der Waals surface area (Å²) in [6.07, 6.45) is -4.46. The summed E-state index contributed by atoms with van der Waals surface area (Å²) in [6.45, 7) is -1.59. The molecule has 7 heterocycles. The van der Waals surface area contributed by atoms with E-state index in [0.717, 1.165) is 12.5 Å². The van der Waals surface area contributed by atoms with Gasteiger partial charge in [-0.05, 0) is 0 Å². The Morgan fingerprint density at radius 1 is 0.830 bits per heavy atom. The third-order valence-corrected chi connectivity index (χ3v) is 10.4. The van der Waals surface area contributed by atoms with Crippen LogP contribution in [0.15, 0.2) is 37.7 Å². The van der Waals surface area contributed by atoms with Gasteiger partial charge in [-0.15, -0.1) is 0 Å². The Bertz CT molecular complexity index is 2150. The minimum Gasteiger partial charge on any atom is -0.761 e. The summed E-state index contributed by atoms with van der Waals surface area (Å²) in [5, 5.41) is 21.5. The fourth-order valence-electron chi connectivity index (χ4n) is 5.71. The van der Waals surface area contributed by atoms with E-state index in [9.17, 15) is 29.1 Å². The van der Waals surface area contributed by atoms with Gasteiger partial charge >= 0.3 is 59.1 Å². The van der Waals surface area contributed by atoms with Crippen molar-refractivity contribution in [1.29, 1.82) is 0 Å². The summed E-state index contributed by atoms with van der Waals surface area (Å²) >= 11 is 0. The SMILES string of the molecule is CO[C@@H]1[C@H](OP(=O)([O-])OC[C@H]2O[C@@H](n3cnc4c(N)nc(N)nc43)[C@H](O)[C@@H]2O)[C@@H](COP(=O)([O-])n2ccnc2)O[C@H]1n1cnc2c(N)ncnc21.[Na+].[Na+]. The van der Waals surface area contributed by atoms with Gasteiger partial charge in [0.1, 0.15) is 60.3 Å². The topological polar surface area (TPSA) is 359 Å². The number of nitrogen functional groups attached to an aromatic ring is 3. The molecule has 2 fully saturated rings. The second-order valence-corrected chi connectivity index (χ2v) is 14.2. The zero-order valence-corrected chi connectivity index (χ0v) is 33.9. The molecule has 274 valence electrons. The van der Waals surface area contributed by atoms with Gasteiger partial charge in [0.2, 0.25) is 13.7 Å². The van der Waals surface area contributed by atoms with Crippen LogP contribution in [0.2, 0.25) is 0 Å². The van der Waals surface area contributed by atoms with Crippen LogP contribution in [-0.4, -0.2) is 116 Å². The zero-order valence-electron chi connectivity index (χ0n) is 28.1. The Kier molecular flexibility index (Phi) is 13.0. The smallest absolute Gasteiger partial charge is 0.761 e. The average molecular weight is 800 g/mol. The van der Waals surface area contributed by atoms with Crippen molar-refractivity contribution >= 4 is 55.5 Å². The standard InChI is InChI=1S/C24H31N13O12P2.2Na/c1-44-17-16(11(5-45-50(40,41)35-3-2-28-7-35)48-23(17)36-8-31-12-18(25)29-6-30-20(12)36)49-51(42,43)46-4-10-14(38)15(39)22(47-10)37-9-32-13-19(26)33-24(27)34-21(13)37;;/h2-3,6-11,14-17,22-23,38-39H,4-5H2,1H3,(H,40,41)(H,42,43)(H2,25,29,30)(H4,26,27,33,34);;/q;2*+1/p-2/t10-,11-,14-,15-,16-,17-,22-,23-;;/m1../s1. The van der Waals surface area contributed by atoms with Gasteiger partial charge in [-0.3, -0.25) is 22.6 Å². The molecule has 53 heavy (non-hydrogen) atoms. The van der Waals surface area contributed by atoms with E-state index in [1.807, 2.05) is 0 Å². The number of hydrogen-bond acceptors (Lipinski definition) is 22. The molecule has 2 aliphatic heterocycles. The molecule has 0 aromatic carbocycles. The summed E-state index contributed by atoms with van der Waals surface area (Å²) in [5.74, 6) is -0.174. The molecule has 0 saturated carbocycles. The molecular formula is C24H29N13Na2O12P2. The molecule has 0 amide bonds. The van der Waals surface area contributed by atoms with Gasteiger partial charge in [-0.25, -0.2) is 24.9 Å². The first-order chi connectivity index (χ1) is 24.3. The molecule has 2 aliphatic rings. The Hall–Kier alpha value is -2.23. The maximum absolute atomic E-state index is 13.3. The Labute approximate surface area is 341 Å². The molecule has 0 aliphatic carbocycles. The second-order valence-electron chi connectivity index (χ2n) is 11.2. The number of aliphatic hydroxyl groups excluding tert-OH is 2. The molecule has 2 saturated heterocycles. The number of rotatable bonds is 12. The van der Waals surface area contributed by atoms with Gasteiger partial charge in [0.25, 0.3) is 7.82 Å². The van der Waals surface area contributed by atoms with Gasteiger partial charge < -0.3 is 65.0 Å². The van der Waals surface area contributed by atoms with Gasteiger partial charge in [0, 0.05) is 19.5 Å². The largest absolute Gasteiger partial charge is 1.00 e.